The Balaban J connectivity index is 2.14. The quantitative estimate of drug-likeness (QED) is 0.414. The van der Waals surface area contributed by atoms with Gasteiger partial charge in [0.2, 0.25) is 5.91 Å². The van der Waals surface area contributed by atoms with Gasteiger partial charge >= 0.3 is 16.4 Å². The van der Waals surface area contributed by atoms with Gasteiger partial charge in [-0.2, -0.15) is 13.5 Å². The normalized spacial score (nSPS) is 25.8. The Morgan fingerprint density at radius 2 is 2.04 bits per heavy atom. The number of alkyl halides is 2. The summed E-state index contributed by atoms with van der Waals surface area (Å²) in [5.74, 6) is -5.71. The van der Waals surface area contributed by atoms with Crippen molar-refractivity contribution < 1.29 is 40.4 Å². The number of halogens is 2. The van der Waals surface area contributed by atoms with E-state index in [2.05, 4.69) is 9.71 Å². The van der Waals surface area contributed by atoms with Gasteiger partial charge in [0.1, 0.15) is 12.1 Å². The maximum atomic E-state index is 14.2. The van der Waals surface area contributed by atoms with E-state index < -0.39 is 65.1 Å². The summed E-state index contributed by atoms with van der Waals surface area (Å²) in [4.78, 5) is 36.6. The van der Waals surface area contributed by atoms with Gasteiger partial charge < -0.3 is 4.90 Å². The van der Waals surface area contributed by atoms with E-state index in [-0.39, 0.29) is 5.06 Å². The Morgan fingerprint density at radius 3 is 2.58 bits per heavy atom. The van der Waals surface area contributed by atoms with Crippen molar-refractivity contribution in [3.05, 3.63) is 0 Å². The number of carbonyl (C=O) groups excluding carboxylic acids is 3. The Bertz CT molecular complexity index is 716. The van der Waals surface area contributed by atoms with Crippen molar-refractivity contribution >= 4 is 28.2 Å². The van der Waals surface area contributed by atoms with Crippen molar-refractivity contribution in [2.75, 3.05) is 6.54 Å². The number of hydrazine groups is 1. The number of fused-ring (bicyclic) bond motifs is 2. The van der Waals surface area contributed by atoms with Crippen molar-refractivity contribution in [2.24, 2.45) is 5.92 Å². The lowest BCUT2D eigenvalue weighted by atomic mass is 9.96. The van der Waals surface area contributed by atoms with Gasteiger partial charge in [-0.25, -0.2) is 13.6 Å². The first-order valence-electron chi connectivity index (χ1n) is 7.61. The molecule has 148 valence electrons. The van der Waals surface area contributed by atoms with Gasteiger partial charge in [0.05, 0.1) is 6.54 Å². The molecular formula is C12H18F2N4O7S. The third-order valence-corrected chi connectivity index (χ3v) is 4.61. The fraction of sp³-hybridized carbons (Fsp3) is 0.750. The van der Waals surface area contributed by atoms with Crippen LogP contribution in [0.15, 0.2) is 0 Å². The van der Waals surface area contributed by atoms with Crippen LogP contribution >= 0.6 is 0 Å². The number of hydroxylamine groups is 2. The maximum Gasteiger partial charge on any atom is 0.418 e. The summed E-state index contributed by atoms with van der Waals surface area (Å²) in [6.45, 7) is 2.63. The summed E-state index contributed by atoms with van der Waals surface area (Å²) < 4.78 is 62.6. The smallest absolute Gasteiger partial charge is 0.308 e. The molecule has 0 radical (unpaired) electrons. The van der Waals surface area contributed by atoms with Crippen LogP contribution in [0.2, 0.25) is 0 Å². The molecule has 0 spiro atoms. The molecule has 3 N–H and O–H groups in total. The number of carbonyl (C=O) groups is 3. The molecule has 26 heavy (non-hydrogen) atoms. The molecule has 0 saturated carbocycles. The van der Waals surface area contributed by atoms with Gasteiger partial charge in [0, 0.05) is 12.3 Å². The molecule has 0 aliphatic carbocycles. The van der Waals surface area contributed by atoms with Gasteiger partial charge in [0.25, 0.3) is 11.8 Å². The third kappa shape index (κ3) is 4.02. The van der Waals surface area contributed by atoms with Crippen LogP contribution in [0.5, 0.6) is 0 Å². The Labute approximate surface area is 147 Å². The van der Waals surface area contributed by atoms with Crippen LogP contribution < -0.4 is 10.9 Å². The minimum Gasteiger partial charge on any atom is -0.308 e. The van der Waals surface area contributed by atoms with Crippen molar-refractivity contribution in [2.45, 2.75) is 44.7 Å². The predicted octanol–water partition coefficient (Wildman–Crippen LogP) is -0.572. The van der Waals surface area contributed by atoms with Crippen LogP contribution in [-0.2, 0) is 24.3 Å². The summed E-state index contributed by atoms with van der Waals surface area (Å²) in [6, 6.07) is -4.98. The van der Waals surface area contributed by atoms with Crippen LogP contribution in [0.4, 0.5) is 13.6 Å². The number of rotatable bonds is 5. The highest BCUT2D eigenvalue weighted by Gasteiger charge is 2.62. The van der Waals surface area contributed by atoms with Gasteiger partial charge in [0.15, 0.2) is 0 Å². The average Bonchev–Trinajstić information content (AvgIpc) is 2.81. The first-order chi connectivity index (χ1) is 11.9. The zero-order valence-electron chi connectivity index (χ0n) is 13.8. The minimum atomic E-state index is -5.21. The largest absolute Gasteiger partial charge is 0.418 e. The van der Waals surface area contributed by atoms with E-state index in [0.29, 0.717) is 11.3 Å². The van der Waals surface area contributed by atoms with Gasteiger partial charge in [-0.15, -0.1) is 4.28 Å². The lowest BCUT2D eigenvalue weighted by Crippen LogP contribution is -2.58. The number of urea groups is 1. The van der Waals surface area contributed by atoms with E-state index in [0.717, 1.165) is 0 Å². The fourth-order valence-electron chi connectivity index (χ4n) is 2.60. The van der Waals surface area contributed by atoms with Crippen LogP contribution in [0.3, 0.4) is 0 Å². The molecule has 2 saturated heterocycles. The fourth-order valence-corrected chi connectivity index (χ4v) is 2.97. The predicted molar refractivity (Wildman–Crippen MR) is 79.5 cm³/mol. The molecular weight excluding hydrogens is 382 g/mol. The molecule has 2 heterocycles. The number of piperidine rings is 1. The molecule has 14 heteroatoms. The zero-order valence-corrected chi connectivity index (χ0v) is 14.6. The second kappa shape index (κ2) is 6.92. The summed E-state index contributed by atoms with van der Waals surface area (Å²) in [6.07, 6.45) is -0.628. The highest BCUT2D eigenvalue weighted by Crippen LogP contribution is 2.40. The monoisotopic (exact) mass is 400 g/mol. The molecule has 3 unspecified atom stereocenters. The second-order valence-electron chi connectivity index (χ2n) is 6.05. The van der Waals surface area contributed by atoms with E-state index in [4.69, 9.17) is 4.55 Å². The Kier molecular flexibility index (Phi) is 5.39. The molecule has 3 atom stereocenters. The topological polar surface area (TPSA) is 145 Å². The number of nitrogens with one attached hydrogen (secondary N) is 2. The molecule has 2 rings (SSSR count). The molecule has 0 aromatic carbocycles. The van der Waals surface area contributed by atoms with Crippen molar-refractivity contribution in [1.29, 1.82) is 0 Å². The summed E-state index contributed by atoms with van der Waals surface area (Å²) >= 11 is 0. The van der Waals surface area contributed by atoms with E-state index in [1.807, 2.05) is 5.43 Å². The van der Waals surface area contributed by atoms with E-state index in [1.54, 1.807) is 13.8 Å². The summed E-state index contributed by atoms with van der Waals surface area (Å²) in [5.41, 5.74) is 4.06. The second-order valence-corrected chi connectivity index (χ2v) is 7.05. The molecule has 4 amide bonds. The van der Waals surface area contributed by atoms with E-state index in [1.165, 1.54) is 0 Å². The summed E-state index contributed by atoms with van der Waals surface area (Å²) in [5, 5.41) is -0.166. The SMILES string of the molecule is CCC(C)C(=O)NNC(=O)C1CC(F)(F)C2CN1C(=O)N2OS(=O)(=O)O. The molecule has 2 fully saturated rings. The molecule has 2 bridgehead atoms. The molecule has 2 aliphatic heterocycles. The first kappa shape index (κ1) is 20.3. The van der Waals surface area contributed by atoms with Crippen molar-refractivity contribution in [3.63, 3.8) is 0 Å². The van der Waals surface area contributed by atoms with Crippen molar-refractivity contribution in [3.8, 4) is 0 Å². The number of nitrogens with zero attached hydrogens (tertiary/aromatic N) is 2. The third-order valence-electron chi connectivity index (χ3n) is 4.26. The number of amides is 4. The highest BCUT2D eigenvalue weighted by molar-refractivity contribution is 7.80. The molecule has 11 nitrogen and oxygen atoms in total. The molecule has 2 aliphatic rings. The lowest BCUT2D eigenvalue weighted by Gasteiger charge is -2.34. The first-order valence-corrected chi connectivity index (χ1v) is 8.98. The van der Waals surface area contributed by atoms with Crippen LogP contribution in [0.25, 0.3) is 0 Å². The van der Waals surface area contributed by atoms with Gasteiger partial charge in [-0.05, 0) is 6.42 Å². The Hall–Kier alpha value is -2.06. The van der Waals surface area contributed by atoms with Gasteiger partial charge in [-0.1, -0.05) is 13.8 Å². The maximum absolute atomic E-state index is 14.2. The Morgan fingerprint density at radius 1 is 1.42 bits per heavy atom. The molecule has 0 aromatic rings. The zero-order chi connectivity index (χ0) is 19.9. The van der Waals surface area contributed by atoms with Crippen LogP contribution in [-0.4, -0.2) is 65.3 Å². The number of hydrogen-bond donors (Lipinski definition) is 3. The number of hydrogen-bond acceptors (Lipinski definition) is 6. The highest BCUT2D eigenvalue weighted by atomic mass is 32.3. The van der Waals surface area contributed by atoms with Gasteiger partial charge in [-0.3, -0.25) is 25.0 Å². The van der Waals surface area contributed by atoms with E-state index >= 15 is 0 Å². The minimum absolute atomic E-state index is 0.166. The summed E-state index contributed by atoms with van der Waals surface area (Å²) in [7, 11) is -5.21. The van der Waals surface area contributed by atoms with Crippen molar-refractivity contribution in [1.82, 2.24) is 20.8 Å². The van der Waals surface area contributed by atoms with Crippen LogP contribution in [0, 0.1) is 5.92 Å². The van der Waals surface area contributed by atoms with E-state index in [9.17, 15) is 31.6 Å². The molecule has 0 aromatic heterocycles. The average molecular weight is 400 g/mol. The standard InChI is InChI=1S/C12H18F2N4O7S/c1-3-6(2)9(19)15-16-10(20)7-4-12(13,14)8-5-17(7)11(21)18(8)25-26(22,23)24/h6-8H,3-5H2,1-2H3,(H,15,19)(H,16,20)(H,22,23,24). The lowest BCUT2D eigenvalue weighted by molar-refractivity contribution is -0.154. The van der Waals surface area contributed by atoms with Crippen LogP contribution in [0.1, 0.15) is 26.7 Å².